The lowest BCUT2D eigenvalue weighted by Gasteiger charge is -2.19. The molecule has 2 rings (SSSR count). The van der Waals surface area contributed by atoms with Gasteiger partial charge in [-0.15, -0.1) is 0 Å². The Kier molecular flexibility index (Phi) is 5.53. The Morgan fingerprint density at radius 3 is 2.52 bits per heavy atom. The van der Waals surface area contributed by atoms with Crippen LogP contribution in [-0.4, -0.2) is 18.5 Å². The van der Waals surface area contributed by atoms with Gasteiger partial charge in [-0.05, 0) is 43.5 Å². The van der Waals surface area contributed by atoms with E-state index in [1.807, 2.05) is 0 Å². The monoisotopic (exact) mass is 312 g/mol. The summed E-state index contributed by atoms with van der Waals surface area (Å²) in [5.41, 5.74) is 0.583. The summed E-state index contributed by atoms with van der Waals surface area (Å²) in [5.74, 6) is -0.616. The second-order valence-electron chi connectivity index (χ2n) is 5.56. The fraction of sp³-hybridized carbons (Fsp3) is 0.389. The molecule has 0 spiro atoms. The minimum atomic E-state index is -0.886. The van der Waals surface area contributed by atoms with Gasteiger partial charge in [0.15, 0.2) is 0 Å². The van der Waals surface area contributed by atoms with E-state index < -0.39 is 5.41 Å². The predicted molar refractivity (Wildman–Crippen MR) is 87.3 cm³/mol. The molecule has 5 heteroatoms. The van der Waals surface area contributed by atoms with Crippen LogP contribution in [-0.2, 0) is 14.3 Å². The summed E-state index contributed by atoms with van der Waals surface area (Å²) < 4.78 is 4.81. The molecule has 120 valence electrons. The van der Waals surface area contributed by atoms with Gasteiger partial charge in [0.2, 0.25) is 5.91 Å². The zero-order chi connectivity index (χ0) is 16.7. The molecule has 1 fully saturated rings. The maximum Gasteiger partial charge on any atom is 0.330 e. The van der Waals surface area contributed by atoms with Gasteiger partial charge in [0.1, 0.15) is 5.41 Å². The Labute approximate surface area is 135 Å². The highest BCUT2D eigenvalue weighted by Crippen LogP contribution is 2.38. The molecule has 1 aromatic carbocycles. The van der Waals surface area contributed by atoms with E-state index in [1.165, 1.54) is 6.08 Å². The Bertz CT molecular complexity index is 635. The fourth-order valence-electron chi connectivity index (χ4n) is 2.65. The van der Waals surface area contributed by atoms with Crippen LogP contribution in [0.25, 0.3) is 6.08 Å². The number of carbonyl (C=O) groups excluding carboxylic acids is 2. The van der Waals surface area contributed by atoms with Crippen molar-refractivity contribution in [3.8, 4) is 6.07 Å². The summed E-state index contributed by atoms with van der Waals surface area (Å²) in [6.07, 6.45) is 6.08. The van der Waals surface area contributed by atoms with Crippen LogP contribution in [0.15, 0.2) is 30.3 Å². The van der Waals surface area contributed by atoms with E-state index in [2.05, 4.69) is 11.4 Å². The highest BCUT2D eigenvalue weighted by molar-refractivity contribution is 5.97. The number of rotatable bonds is 5. The average molecular weight is 312 g/mol. The van der Waals surface area contributed by atoms with Crippen molar-refractivity contribution < 1.29 is 14.3 Å². The maximum absolute atomic E-state index is 12.3. The van der Waals surface area contributed by atoms with E-state index >= 15 is 0 Å². The van der Waals surface area contributed by atoms with Crippen molar-refractivity contribution in [2.45, 2.75) is 32.6 Å². The van der Waals surface area contributed by atoms with Crippen molar-refractivity contribution >= 4 is 23.6 Å². The van der Waals surface area contributed by atoms with E-state index in [4.69, 9.17) is 4.74 Å². The molecule has 0 saturated heterocycles. The predicted octanol–water partition coefficient (Wildman–Crippen LogP) is 3.29. The van der Waals surface area contributed by atoms with E-state index in [1.54, 1.807) is 37.3 Å². The number of amides is 1. The average Bonchev–Trinajstić information content (AvgIpc) is 3.05. The molecule has 1 saturated carbocycles. The van der Waals surface area contributed by atoms with Crippen LogP contribution in [0, 0.1) is 16.7 Å². The van der Waals surface area contributed by atoms with Crippen molar-refractivity contribution in [3.63, 3.8) is 0 Å². The van der Waals surface area contributed by atoms with E-state index in [0.29, 0.717) is 25.1 Å². The van der Waals surface area contributed by atoms with Crippen molar-refractivity contribution in [1.82, 2.24) is 0 Å². The number of nitrogens with one attached hydrogen (secondary N) is 1. The summed E-state index contributed by atoms with van der Waals surface area (Å²) in [5, 5.41) is 12.1. The lowest BCUT2D eigenvalue weighted by atomic mass is 9.87. The quantitative estimate of drug-likeness (QED) is 0.668. The topological polar surface area (TPSA) is 79.2 Å². The molecule has 0 heterocycles. The molecule has 0 atom stereocenters. The first-order valence-corrected chi connectivity index (χ1v) is 7.77. The fourth-order valence-corrected chi connectivity index (χ4v) is 2.65. The lowest BCUT2D eigenvalue weighted by molar-refractivity contribution is -0.137. The van der Waals surface area contributed by atoms with Crippen molar-refractivity contribution in [1.29, 1.82) is 5.26 Å². The number of nitrogens with zero attached hydrogens (tertiary/aromatic N) is 1. The standard InChI is InChI=1S/C18H20N2O3/c1-2-23-16(21)10-7-14-5-8-15(9-6-14)20-17(22)18(13-19)11-3-4-12-18/h5-10H,2-4,11-12H2,1H3,(H,20,22)/b10-7+. The van der Waals surface area contributed by atoms with Crippen LogP contribution >= 0.6 is 0 Å². The van der Waals surface area contributed by atoms with Crippen LogP contribution in [0.5, 0.6) is 0 Å². The Hall–Kier alpha value is -2.61. The van der Waals surface area contributed by atoms with Gasteiger partial charge < -0.3 is 10.1 Å². The van der Waals surface area contributed by atoms with Crippen molar-refractivity contribution in [2.24, 2.45) is 5.41 Å². The van der Waals surface area contributed by atoms with Crippen LogP contribution in [0.1, 0.15) is 38.2 Å². The largest absolute Gasteiger partial charge is 0.463 e. The van der Waals surface area contributed by atoms with Crippen LogP contribution in [0.2, 0.25) is 0 Å². The molecular formula is C18H20N2O3. The van der Waals surface area contributed by atoms with E-state index in [9.17, 15) is 14.9 Å². The SMILES string of the molecule is CCOC(=O)/C=C/c1ccc(NC(=O)C2(C#N)CCCC2)cc1. The molecule has 1 aliphatic carbocycles. The first-order valence-electron chi connectivity index (χ1n) is 7.77. The van der Waals surface area contributed by atoms with Gasteiger partial charge in [-0.1, -0.05) is 25.0 Å². The Morgan fingerprint density at radius 2 is 1.96 bits per heavy atom. The number of carbonyl (C=O) groups is 2. The number of anilines is 1. The second kappa shape index (κ2) is 7.59. The van der Waals surface area contributed by atoms with Gasteiger partial charge in [0.25, 0.3) is 0 Å². The smallest absolute Gasteiger partial charge is 0.330 e. The van der Waals surface area contributed by atoms with Crippen molar-refractivity contribution in [3.05, 3.63) is 35.9 Å². The summed E-state index contributed by atoms with van der Waals surface area (Å²) in [4.78, 5) is 23.6. The highest BCUT2D eigenvalue weighted by Gasteiger charge is 2.41. The molecule has 0 bridgehead atoms. The first kappa shape index (κ1) is 16.8. The molecule has 0 unspecified atom stereocenters. The van der Waals surface area contributed by atoms with Gasteiger partial charge in [0, 0.05) is 11.8 Å². The summed E-state index contributed by atoms with van der Waals surface area (Å²) >= 11 is 0. The number of hydrogen-bond acceptors (Lipinski definition) is 4. The molecule has 23 heavy (non-hydrogen) atoms. The Balaban J connectivity index is 1.99. The molecule has 1 amide bonds. The van der Waals surface area contributed by atoms with Gasteiger partial charge in [0.05, 0.1) is 12.7 Å². The summed E-state index contributed by atoms with van der Waals surface area (Å²) in [7, 11) is 0. The summed E-state index contributed by atoms with van der Waals surface area (Å²) in [6, 6.07) is 9.27. The third kappa shape index (κ3) is 4.19. The zero-order valence-electron chi connectivity index (χ0n) is 13.2. The molecule has 0 aliphatic heterocycles. The second-order valence-corrected chi connectivity index (χ2v) is 5.56. The van der Waals surface area contributed by atoms with Crippen molar-refractivity contribution in [2.75, 3.05) is 11.9 Å². The Morgan fingerprint density at radius 1 is 1.30 bits per heavy atom. The minimum absolute atomic E-state index is 0.229. The summed E-state index contributed by atoms with van der Waals surface area (Å²) in [6.45, 7) is 2.09. The number of esters is 1. The first-order chi connectivity index (χ1) is 11.1. The molecule has 5 nitrogen and oxygen atoms in total. The van der Waals surface area contributed by atoms with Gasteiger partial charge in [-0.3, -0.25) is 4.79 Å². The number of ether oxygens (including phenoxy) is 1. The van der Waals surface area contributed by atoms with E-state index in [-0.39, 0.29) is 11.9 Å². The molecule has 1 N–H and O–H groups in total. The molecule has 1 aliphatic rings. The third-order valence-electron chi connectivity index (χ3n) is 3.97. The lowest BCUT2D eigenvalue weighted by Crippen LogP contribution is -2.32. The highest BCUT2D eigenvalue weighted by atomic mass is 16.5. The van der Waals surface area contributed by atoms with Gasteiger partial charge >= 0.3 is 5.97 Å². The van der Waals surface area contributed by atoms with E-state index in [0.717, 1.165) is 18.4 Å². The zero-order valence-corrected chi connectivity index (χ0v) is 13.2. The molecule has 0 radical (unpaired) electrons. The molecule has 1 aromatic rings. The molecular weight excluding hydrogens is 292 g/mol. The number of benzene rings is 1. The van der Waals surface area contributed by atoms with Gasteiger partial charge in [-0.25, -0.2) is 4.79 Å². The minimum Gasteiger partial charge on any atom is -0.463 e. The number of hydrogen-bond donors (Lipinski definition) is 1. The maximum atomic E-state index is 12.3. The number of nitriles is 1. The van der Waals surface area contributed by atoms with Crippen LogP contribution in [0.3, 0.4) is 0 Å². The third-order valence-corrected chi connectivity index (χ3v) is 3.97. The van der Waals surface area contributed by atoms with Crippen LogP contribution < -0.4 is 5.32 Å². The van der Waals surface area contributed by atoms with Gasteiger partial charge in [-0.2, -0.15) is 5.26 Å². The van der Waals surface area contributed by atoms with Crippen LogP contribution in [0.4, 0.5) is 5.69 Å². The normalized spacial score (nSPS) is 16.0. The molecule has 0 aromatic heterocycles.